The molecule has 0 spiro atoms. The summed E-state index contributed by atoms with van der Waals surface area (Å²) in [6.45, 7) is 5.53. The first-order valence-electron chi connectivity index (χ1n) is 6.72. The van der Waals surface area contributed by atoms with Gasteiger partial charge in [0, 0.05) is 19.7 Å². The van der Waals surface area contributed by atoms with Gasteiger partial charge in [-0.05, 0) is 32.1 Å². The predicted molar refractivity (Wildman–Crippen MR) is 68.5 cm³/mol. The van der Waals surface area contributed by atoms with Crippen molar-refractivity contribution in [2.75, 3.05) is 19.7 Å². The fourth-order valence-electron chi connectivity index (χ4n) is 2.77. The molecule has 4 heteroatoms. The molecule has 3 N–H and O–H groups in total. The number of hydrogen-bond acceptors (Lipinski definition) is 3. The highest BCUT2D eigenvalue weighted by Gasteiger charge is 2.39. The highest BCUT2D eigenvalue weighted by atomic mass is 16.3. The van der Waals surface area contributed by atoms with Crippen LogP contribution < -0.4 is 5.73 Å². The Labute approximate surface area is 104 Å². The SMILES string of the molecule is CCN(CCCO)C(=O)C1(N)CCCC(C)C1. The van der Waals surface area contributed by atoms with Crippen molar-refractivity contribution in [2.45, 2.75) is 51.5 Å². The molecule has 100 valence electrons. The van der Waals surface area contributed by atoms with E-state index in [1.165, 1.54) is 6.42 Å². The van der Waals surface area contributed by atoms with Gasteiger partial charge in [-0.25, -0.2) is 0 Å². The van der Waals surface area contributed by atoms with Crippen molar-refractivity contribution in [3.8, 4) is 0 Å². The molecule has 2 atom stereocenters. The largest absolute Gasteiger partial charge is 0.396 e. The quantitative estimate of drug-likeness (QED) is 0.759. The van der Waals surface area contributed by atoms with Crippen LogP contribution in [0.15, 0.2) is 0 Å². The molecule has 1 amide bonds. The lowest BCUT2D eigenvalue weighted by molar-refractivity contribution is -0.138. The topological polar surface area (TPSA) is 66.6 Å². The summed E-state index contributed by atoms with van der Waals surface area (Å²) in [5.41, 5.74) is 5.62. The third-order valence-electron chi connectivity index (χ3n) is 3.71. The molecule has 0 aromatic heterocycles. The average molecular weight is 242 g/mol. The smallest absolute Gasteiger partial charge is 0.242 e. The number of aliphatic hydroxyl groups excluding tert-OH is 1. The van der Waals surface area contributed by atoms with Gasteiger partial charge in [0.1, 0.15) is 0 Å². The second-order valence-electron chi connectivity index (χ2n) is 5.32. The molecular formula is C13H26N2O2. The van der Waals surface area contributed by atoms with Crippen LogP contribution in [0.25, 0.3) is 0 Å². The van der Waals surface area contributed by atoms with E-state index in [4.69, 9.17) is 10.8 Å². The molecule has 2 unspecified atom stereocenters. The third-order valence-corrected chi connectivity index (χ3v) is 3.71. The molecule has 0 saturated heterocycles. The summed E-state index contributed by atoms with van der Waals surface area (Å²) in [5.74, 6) is 0.606. The van der Waals surface area contributed by atoms with E-state index in [2.05, 4.69) is 6.92 Å². The predicted octanol–water partition coefficient (Wildman–Crippen LogP) is 1.12. The van der Waals surface area contributed by atoms with E-state index in [0.29, 0.717) is 25.4 Å². The van der Waals surface area contributed by atoms with Gasteiger partial charge in [0.2, 0.25) is 5.91 Å². The van der Waals surface area contributed by atoms with Crippen molar-refractivity contribution in [3.63, 3.8) is 0 Å². The van der Waals surface area contributed by atoms with Crippen molar-refractivity contribution in [3.05, 3.63) is 0 Å². The average Bonchev–Trinajstić information content (AvgIpc) is 2.29. The minimum Gasteiger partial charge on any atom is -0.396 e. The van der Waals surface area contributed by atoms with E-state index < -0.39 is 5.54 Å². The second kappa shape index (κ2) is 6.36. The molecule has 1 aliphatic rings. The van der Waals surface area contributed by atoms with Crippen molar-refractivity contribution < 1.29 is 9.90 Å². The second-order valence-corrected chi connectivity index (χ2v) is 5.32. The molecule has 0 aromatic carbocycles. The van der Waals surface area contributed by atoms with Crippen LogP contribution in [-0.4, -0.2) is 41.1 Å². The van der Waals surface area contributed by atoms with Crippen LogP contribution in [0, 0.1) is 5.92 Å². The first kappa shape index (κ1) is 14.5. The summed E-state index contributed by atoms with van der Waals surface area (Å²) in [6.07, 6.45) is 4.44. The Bertz CT molecular complexity index is 258. The van der Waals surface area contributed by atoms with Gasteiger partial charge < -0.3 is 15.7 Å². The molecule has 4 nitrogen and oxygen atoms in total. The van der Waals surface area contributed by atoms with Crippen molar-refractivity contribution >= 4 is 5.91 Å². The maximum Gasteiger partial charge on any atom is 0.242 e. The molecule has 0 aliphatic heterocycles. The molecule has 0 radical (unpaired) electrons. The number of carbonyl (C=O) groups is 1. The Kier molecular flexibility index (Phi) is 5.40. The van der Waals surface area contributed by atoms with Crippen LogP contribution in [0.1, 0.15) is 46.0 Å². The lowest BCUT2D eigenvalue weighted by atomic mass is 9.76. The number of aliphatic hydroxyl groups is 1. The highest BCUT2D eigenvalue weighted by molar-refractivity contribution is 5.86. The first-order chi connectivity index (χ1) is 8.03. The zero-order chi connectivity index (χ0) is 12.9. The first-order valence-corrected chi connectivity index (χ1v) is 6.72. The van der Waals surface area contributed by atoms with Crippen LogP contribution in [0.2, 0.25) is 0 Å². The number of likely N-dealkylation sites (N-methyl/N-ethyl adjacent to an activating group) is 1. The van der Waals surface area contributed by atoms with Gasteiger partial charge >= 0.3 is 0 Å². The summed E-state index contributed by atoms with van der Waals surface area (Å²) in [7, 11) is 0. The minimum atomic E-state index is -0.664. The lowest BCUT2D eigenvalue weighted by Crippen LogP contribution is -2.57. The number of hydrogen-bond donors (Lipinski definition) is 2. The number of nitrogens with zero attached hydrogens (tertiary/aromatic N) is 1. The molecular weight excluding hydrogens is 216 g/mol. The molecule has 1 saturated carbocycles. The van der Waals surface area contributed by atoms with E-state index in [0.717, 1.165) is 19.3 Å². The van der Waals surface area contributed by atoms with Crippen LogP contribution in [0.3, 0.4) is 0 Å². The molecule has 17 heavy (non-hydrogen) atoms. The summed E-state index contributed by atoms with van der Waals surface area (Å²) in [6, 6.07) is 0. The Morgan fingerprint density at radius 2 is 2.29 bits per heavy atom. The lowest BCUT2D eigenvalue weighted by Gasteiger charge is -2.39. The monoisotopic (exact) mass is 242 g/mol. The zero-order valence-electron chi connectivity index (χ0n) is 11.1. The van der Waals surface area contributed by atoms with E-state index >= 15 is 0 Å². The number of rotatable bonds is 5. The van der Waals surface area contributed by atoms with Gasteiger partial charge in [-0.15, -0.1) is 0 Å². The van der Waals surface area contributed by atoms with Gasteiger partial charge in [0.05, 0.1) is 5.54 Å². The highest BCUT2D eigenvalue weighted by Crippen LogP contribution is 2.31. The molecule has 0 bridgehead atoms. The van der Waals surface area contributed by atoms with Gasteiger partial charge in [0.25, 0.3) is 0 Å². The summed E-state index contributed by atoms with van der Waals surface area (Å²) in [4.78, 5) is 14.2. The number of amides is 1. The Hall–Kier alpha value is -0.610. The van der Waals surface area contributed by atoms with Crippen LogP contribution >= 0.6 is 0 Å². The van der Waals surface area contributed by atoms with E-state index in [-0.39, 0.29) is 12.5 Å². The molecule has 0 aromatic rings. The van der Waals surface area contributed by atoms with Gasteiger partial charge in [-0.3, -0.25) is 4.79 Å². The minimum absolute atomic E-state index is 0.0694. The summed E-state index contributed by atoms with van der Waals surface area (Å²) >= 11 is 0. The standard InChI is InChI=1S/C13H26N2O2/c1-3-15(8-5-9-16)12(17)13(14)7-4-6-11(2)10-13/h11,16H,3-10,14H2,1-2H3. The molecule has 1 aliphatic carbocycles. The Morgan fingerprint density at radius 1 is 1.59 bits per heavy atom. The van der Waals surface area contributed by atoms with E-state index in [9.17, 15) is 4.79 Å². The van der Waals surface area contributed by atoms with Gasteiger partial charge in [0.15, 0.2) is 0 Å². The van der Waals surface area contributed by atoms with Crippen LogP contribution in [-0.2, 0) is 4.79 Å². The molecule has 1 fully saturated rings. The van der Waals surface area contributed by atoms with Crippen molar-refractivity contribution in [2.24, 2.45) is 11.7 Å². The zero-order valence-corrected chi connectivity index (χ0v) is 11.1. The van der Waals surface area contributed by atoms with E-state index in [1.54, 1.807) is 4.90 Å². The van der Waals surface area contributed by atoms with Crippen LogP contribution in [0.4, 0.5) is 0 Å². The summed E-state index contributed by atoms with van der Waals surface area (Å²) in [5, 5.41) is 8.84. The molecule has 1 rings (SSSR count). The fourth-order valence-corrected chi connectivity index (χ4v) is 2.77. The summed E-state index contributed by atoms with van der Waals surface area (Å²) < 4.78 is 0. The van der Waals surface area contributed by atoms with Crippen molar-refractivity contribution in [1.82, 2.24) is 4.90 Å². The van der Waals surface area contributed by atoms with E-state index in [1.807, 2.05) is 6.92 Å². The third kappa shape index (κ3) is 3.68. The normalized spacial score (nSPS) is 29.1. The number of nitrogens with two attached hydrogens (primary N) is 1. The van der Waals surface area contributed by atoms with Gasteiger partial charge in [-0.2, -0.15) is 0 Å². The van der Waals surface area contributed by atoms with Crippen molar-refractivity contribution in [1.29, 1.82) is 0 Å². The van der Waals surface area contributed by atoms with Crippen LogP contribution in [0.5, 0.6) is 0 Å². The maximum absolute atomic E-state index is 12.4. The number of carbonyl (C=O) groups excluding carboxylic acids is 1. The Morgan fingerprint density at radius 3 is 2.82 bits per heavy atom. The molecule has 0 heterocycles. The Balaban J connectivity index is 2.64. The fraction of sp³-hybridized carbons (Fsp3) is 0.923. The maximum atomic E-state index is 12.4. The van der Waals surface area contributed by atoms with Gasteiger partial charge in [-0.1, -0.05) is 19.8 Å².